The van der Waals surface area contributed by atoms with E-state index in [1.54, 1.807) is 13.8 Å². The van der Waals surface area contributed by atoms with Crippen LogP contribution in [-0.4, -0.2) is 10.9 Å². The number of carbonyl (C=O) groups excluding carboxylic acids is 1. The zero-order valence-corrected chi connectivity index (χ0v) is 8.47. The highest BCUT2D eigenvalue weighted by atomic mass is 19.1. The van der Waals surface area contributed by atoms with Crippen LogP contribution in [0.25, 0.3) is 0 Å². The van der Waals surface area contributed by atoms with Crippen LogP contribution in [0.5, 0.6) is 5.75 Å². The van der Waals surface area contributed by atoms with E-state index in [9.17, 15) is 14.3 Å². The van der Waals surface area contributed by atoms with Gasteiger partial charge in [-0.3, -0.25) is 4.79 Å². The smallest absolute Gasteiger partial charge is 0.140 e. The Morgan fingerprint density at radius 3 is 2.43 bits per heavy atom. The second kappa shape index (κ2) is 3.40. The lowest BCUT2D eigenvalue weighted by atomic mass is 9.80. The Morgan fingerprint density at radius 2 is 2.00 bits per heavy atom. The molecule has 0 saturated carbocycles. The third-order valence-electron chi connectivity index (χ3n) is 2.50. The number of aromatic hydroxyl groups is 1. The Bertz CT molecular complexity index is 349. The molecule has 14 heavy (non-hydrogen) atoms. The summed E-state index contributed by atoms with van der Waals surface area (Å²) in [5.74, 6) is -0.909. The van der Waals surface area contributed by atoms with E-state index in [-0.39, 0.29) is 17.1 Å². The summed E-state index contributed by atoms with van der Waals surface area (Å²) in [6.45, 7) is 4.56. The van der Waals surface area contributed by atoms with Crippen LogP contribution in [0.15, 0.2) is 18.2 Å². The van der Waals surface area contributed by atoms with Crippen molar-refractivity contribution >= 4 is 5.78 Å². The Kier molecular flexibility index (Phi) is 2.60. The van der Waals surface area contributed by atoms with Crippen LogP contribution in [0.3, 0.4) is 0 Å². The van der Waals surface area contributed by atoms with Gasteiger partial charge in [0.05, 0.1) is 5.41 Å². The largest absolute Gasteiger partial charge is 0.508 e. The van der Waals surface area contributed by atoms with Gasteiger partial charge in [0.25, 0.3) is 0 Å². The lowest BCUT2D eigenvalue weighted by molar-refractivity contribution is -0.121. The van der Waals surface area contributed by atoms with Crippen LogP contribution in [0.4, 0.5) is 4.39 Å². The van der Waals surface area contributed by atoms with Crippen LogP contribution in [-0.2, 0) is 10.2 Å². The molecule has 0 aliphatic rings. The van der Waals surface area contributed by atoms with Crippen molar-refractivity contribution in [1.82, 2.24) is 0 Å². The standard InChI is InChI=1S/C11H13FO2/c1-7(13)11(2,3)10-8(12)5-4-6-9(10)14/h4-6,14H,1-3H3. The first kappa shape index (κ1) is 10.7. The van der Waals surface area contributed by atoms with Gasteiger partial charge in [-0.15, -0.1) is 0 Å². The molecule has 0 aromatic heterocycles. The van der Waals surface area contributed by atoms with Gasteiger partial charge in [-0.25, -0.2) is 4.39 Å². The van der Waals surface area contributed by atoms with Gasteiger partial charge in [-0.2, -0.15) is 0 Å². The molecule has 1 N–H and O–H groups in total. The van der Waals surface area contributed by atoms with E-state index in [2.05, 4.69) is 0 Å². The highest BCUT2D eigenvalue weighted by molar-refractivity contribution is 5.87. The van der Waals surface area contributed by atoms with Crippen molar-refractivity contribution in [3.05, 3.63) is 29.6 Å². The molecular weight excluding hydrogens is 183 g/mol. The molecule has 2 nitrogen and oxygen atoms in total. The molecule has 1 rings (SSSR count). The molecule has 0 aliphatic heterocycles. The molecule has 76 valence electrons. The average Bonchev–Trinajstić information content (AvgIpc) is 2.02. The van der Waals surface area contributed by atoms with Gasteiger partial charge in [0.15, 0.2) is 0 Å². The third kappa shape index (κ3) is 1.62. The summed E-state index contributed by atoms with van der Waals surface area (Å²) in [6, 6.07) is 4.02. The minimum absolute atomic E-state index is 0.0625. The van der Waals surface area contributed by atoms with Crippen molar-refractivity contribution in [2.24, 2.45) is 0 Å². The van der Waals surface area contributed by atoms with Crippen molar-refractivity contribution in [1.29, 1.82) is 0 Å². The highest BCUT2D eigenvalue weighted by Gasteiger charge is 2.31. The van der Waals surface area contributed by atoms with Crippen molar-refractivity contribution < 1.29 is 14.3 Å². The maximum Gasteiger partial charge on any atom is 0.140 e. The second-order valence-electron chi connectivity index (χ2n) is 3.82. The average molecular weight is 196 g/mol. The van der Waals surface area contributed by atoms with Crippen molar-refractivity contribution in [3.63, 3.8) is 0 Å². The number of Topliss-reactive ketones (excluding diaryl/α,β-unsaturated/α-hetero) is 1. The van der Waals surface area contributed by atoms with Gasteiger partial charge < -0.3 is 5.11 Å². The Labute approximate surface area is 82.4 Å². The fourth-order valence-corrected chi connectivity index (χ4v) is 1.31. The maximum atomic E-state index is 13.4. The number of phenols is 1. The molecule has 0 radical (unpaired) electrons. The molecular formula is C11H13FO2. The number of phenolic OH excluding ortho intramolecular Hbond substituents is 1. The number of ketones is 1. The van der Waals surface area contributed by atoms with Crippen LogP contribution in [0.2, 0.25) is 0 Å². The highest BCUT2D eigenvalue weighted by Crippen LogP contribution is 2.33. The van der Waals surface area contributed by atoms with Gasteiger partial charge in [0.1, 0.15) is 17.3 Å². The predicted molar refractivity (Wildman–Crippen MR) is 51.8 cm³/mol. The quantitative estimate of drug-likeness (QED) is 0.788. The monoisotopic (exact) mass is 196 g/mol. The number of rotatable bonds is 2. The first-order valence-corrected chi connectivity index (χ1v) is 4.36. The van der Waals surface area contributed by atoms with E-state index >= 15 is 0 Å². The summed E-state index contributed by atoms with van der Waals surface area (Å²) >= 11 is 0. The summed E-state index contributed by atoms with van der Waals surface area (Å²) in [4.78, 5) is 11.3. The van der Waals surface area contributed by atoms with E-state index in [0.29, 0.717) is 0 Å². The van der Waals surface area contributed by atoms with Gasteiger partial charge in [0.2, 0.25) is 0 Å². The first-order valence-electron chi connectivity index (χ1n) is 4.36. The molecule has 0 heterocycles. The van der Waals surface area contributed by atoms with Crippen molar-refractivity contribution in [2.75, 3.05) is 0 Å². The Balaban J connectivity index is 3.38. The minimum Gasteiger partial charge on any atom is -0.508 e. The molecule has 0 bridgehead atoms. The lowest BCUT2D eigenvalue weighted by Crippen LogP contribution is -2.27. The van der Waals surface area contributed by atoms with Gasteiger partial charge in [0, 0.05) is 5.56 Å². The van der Waals surface area contributed by atoms with Crippen LogP contribution < -0.4 is 0 Å². The molecule has 0 saturated heterocycles. The number of hydrogen-bond donors (Lipinski definition) is 1. The van der Waals surface area contributed by atoms with E-state index in [1.807, 2.05) is 0 Å². The molecule has 0 atom stereocenters. The summed E-state index contributed by atoms with van der Waals surface area (Å²) in [7, 11) is 0. The summed E-state index contributed by atoms with van der Waals surface area (Å²) in [5.41, 5.74) is -0.928. The number of hydrogen-bond acceptors (Lipinski definition) is 2. The number of benzene rings is 1. The lowest BCUT2D eigenvalue weighted by Gasteiger charge is -2.23. The second-order valence-corrected chi connectivity index (χ2v) is 3.82. The SMILES string of the molecule is CC(=O)C(C)(C)c1c(O)cccc1F. The van der Waals surface area contributed by atoms with Crippen molar-refractivity contribution in [2.45, 2.75) is 26.2 Å². The molecule has 0 spiro atoms. The zero-order valence-electron chi connectivity index (χ0n) is 8.47. The van der Waals surface area contributed by atoms with Crippen LogP contribution in [0.1, 0.15) is 26.3 Å². The molecule has 1 aromatic carbocycles. The van der Waals surface area contributed by atoms with E-state index < -0.39 is 11.2 Å². The fraction of sp³-hybridized carbons (Fsp3) is 0.364. The van der Waals surface area contributed by atoms with Crippen LogP contribution >= 0.6 is 0 Å². The van der Waals surface area contributed by atoms with Gasteiger partial charge in [-0.1, -0.05) is 6.07 Å². The van der Waals surface area contributed by atoms with E-state index in [0.717, 1.165) is 0 Å². The molecule has 0 fully saturated rings. The first-order chi connectivity index (χ1) is 6.37. The molecule has 1 aromatic rings. The molecule has 3 heteroatoms. The summed E-state index contributed by atoms with van der Waals surface area (Å²) in [5, 5.41) is 9.48. The van der Waals surface area contributed by atoms with Crippen molar-refractivity contribution in [3.8, 4) is 5.75 Å². The Hall–Kier alpha value is -1.38. The van der Waals surface area contributed by atoms with E-state index in [1.165, 1.54) is 25.1 Å². The normalized spacial score (nSPS) is 11.4. The topological polar surface area (TPSA) is 37.3 Å². The summed E-state index contributed by atoms with van der Waals surface area (Å²) in [6.07, 6.45) is 0. The van der Waals surface area contributed by atoms with E-state index in [4.69, 9.17) is 0 Å². The predicted octanol–water partition coefficient (Wildman–Crippen LogP) is 2.40. The zero-order chi connectivity index (χ0) is 10.9. The summed E-state index contributed by atoms with van der Waals surface area (Å²) < 4.78 is 13.4. The fourth-order valence-electron chi connectivity index (χ4n) is 1.31. The maximum absolute atomic E-state index is 13.4. The number of halogens is 1. The molecule has 0 unspecified atom stereocenters. The van der Waals surface area contributed by atoms with Gasteiger partial charge >= 0.3 is 0 Å². The third-order valence-corrected chi connectivity index (χ3v) is 2.50. The van der Waals surface area contributed by atoms with Gasteiger partial charge in [-0.05, 0) is 32.9 Å². The van der Waals surface area contributed by atoms with Crippen LogP contribution in [0, 0.1) is 5.82 Å². The minimum atomic E-state index is -0.991. The molecule has 0 amide bonds. The number of carbonyl (C=O) groups is 1. The Morgan fingerprint density at radius 1 is 1.43 bits per heavy atom. The molecule has 0 aliphatic carbocycles.